The number of carbonyl (C=O) groups is 1. The van der Waals surface area contributed by atoms with Gasteiger partial charge in [0.2, 0.25) is 0 Å². The number of likely N-dealkylation sites (N-methyl/N-ethyl adjacent to an activating group) is 2. The van der Waals surface area contributed by atoms with Crippen molar-refractivity contribution in [1.29, 1.82) is 0 Å². The third kappa shape index (κ3) is 10.1. The zero-order chi connectivity index (χ0) is 26.8. The van der Waals surface area contributed by atoms with Crippen LogP contribution >= 0.6 is 0 Å². The van der Waals surface area contributed by atoms with Gasteiger partial charge in [-0.1, -0.05) is 0 Å². The van der Waals surface area contributed by atoms with Gasteiger partial charge in [0.25, 0.3) is 0 Å². The van der Waals surface area contributed by atoms with Crippen LogP contribution in [0.1, 0.15) is 17.0 Å². The summed E-state index contributed by atoms with van der Waals surface area (Å²) in [5.41, 5.74) is 1.73. The van der Waals surface area contributed by atoms with E-state index in [1.807, 2.05) is 14.1 Å². The summed E-state index contributed by atoms with van der Waals surface area (Å²) in [6.07, 6.45) is -9.56. The van der Waals surface area contributed by atoms with Crippen molar-refractivity contribution >= 4 is 5.97 Å². The van der Waals surface area contributed by atoms with Crippen LogP contribution in [0.5, 0.6) is 5.75 Å². The number of ether oxygens (including phenoxy) is 2. The molecule has 0 aliphatic carbocycles. The second-order valence-electron chi connectivity index (χ2n) is 7.40. The molecule has 1 aromatic heterocycles. The molecule has 2 rings (SSSR count). The van der Waals surface area contributed by atoms with Gasteiger partial charge in [-0.3, -0.25) is 10.00 Å². The van der Waals surface area contributed by atoms with E-state index in [4.69, 9.17) is 19.4 Å². The fourth-order valence-corrected chi connectivity index (χ4v) is 2.85. The topological polar surface area (TPSA) is 99.7 Å². The molecule has 0 saturated carbocycles. The molecule has 0 amide bonds. The molecular weight excluding hydrogens is 486 g/mol. The number of aliphatic carboxylic acids is 1. The van der Waals surface area contributed by atoms with Gasteiger partial charge in [0.1, 0.15) is 12.4 Å². The van der Waals surface area contributed by atoms with Crippen LogP contribution in [-0.2, 0) is 22.3 Å². The van der Waals surface area contributed by atoms with E-state index in [1.54, 1.807) is 13.0 Å². The number of carboxylic acids is 1. The highest BCUT2D eigenvalue weighted by molar-refractivity contribution is 5.73. The Morgan fingerprint density at radius 1 is 1.17 bits per heavy atom. The first-order valence-corrected chi connectivity index (χ1v) is 10.2. The first-order chi connectivity index (χ1) is 16.2. The van der Waals surface area contributed by atoms with E-state index >= 15 is 0 Å². The van der Waals surface area contributed by atoms with Gasteiger partial charge in [-0.15, -0.1) is 0 Å². The number of alkyl halides is 6. The number of aryl methyl sites for hydroxylation is 1. The van der Waals surface area contributed by atoms with Crippen molar-refractivity contribution in [3.8, 4) is 16.9 Å². The monoisotopic (exact) mass is 514 g/mol. The predicted octanol–water partition coefficient (Wildman–Crippen LogP) is 3.71. The summed E-state index contributed by atoms with van der Waals surface area (Å²) in [6.45, 7) is 4.35. The molecular formula is C21H28F6N4O4. The molecule has 8 nitrogen and oxygen atoms in total. The van der Waals surface area contributed by atoms with Crippen molar-refractivity contribution in [2.75, 3.05) is 47.5 Å². The maximum absolute atomic E-state index is 13.4. The Morgan fingerprint density at radius 3 is 2.31 bits per heavy atom. The number of H-pyrrole nitrogens is 1. The summed E-state index contributed by atoms with van der Waals surface area (Å²) >= 11 is 0. The summed E-state index contributed by atoms with van der Waals surface area (Å²) in [7, 11) is 5.31. The number of methoxy groups -OCH3 is 1. The standard InChI is InChI=1S/C19H27F3N4O2.C2HF3O2/c1-13-18(17(25-24-13)12-26(3)6-5-23-2)14-9-15(19(20,21)22)11-16(10-14)28-8-7-27-4;3-2(4,5)1(6)7/h9-11,23H,5-8,12H2,1-4H3,(H,24,25);(H,6,7). The van der Waals surface area contributed by atoms with Gasteiger partial charge in [0.05, 0.1) is 17.9 Å². The zero-order valence-corrected chi connectivity index (χ0v) is 19.6. The number of halogens is 6. The Balaban J connectivity index is 0.000000762. The lowest BCUT2D eigenvalue weighted by Gasteiger charge is -2.17. The quantitative estimate of drug-likeness (QED) is 0.328. The Bertz CT molecular complexity index is 947. The molecule has 0 spiro atoms. The largest absolute Gasteiger partial charge is 0.491 e. The van der Waals surface area contributed by atoms with Gasteiger partial charge in [-0.05, 0) is 44.8 Å². The molecule has 2 aromatic rings. The van der Waals surface area contributed by atoms with Crippen molar-refractivity contribution < 1.29 is 45.7 Å². The number of benzene rings is 1. The van der Waals surface area contributed by atoms with Crippen molar-refractivity contribution in [2.45, 2.75) is 25.8 Å². The molecule has 0 saturated heterocycles. The summed E-state index contributed by atoms with van der Waals surface area (Å²) in [4.78, 5) is 11.0. The van der Waals surface area contributed by atoms with Crippen molar-refractivity contribution in [3.63, 3.8) is 0 Å². The maximum atomic E-state index is 13.4. The number of nitrogens with zero attached hydrogens (tertiary/aromatic N) is 2. The van der Waals surface area contributed by atoms with Crippen LogP contribution in [0, 0.1) is 6.92 Å². The molecule has 0 bridgehead atoms. The molecule has 35 heavy (non-hydrogen) atoms. The Kier molecular flexibility index (Phi) is 11.5. The van der Waals surface area contributed by atoms with Crippen LogP contribution in [-0.4, -0.2) is 79.9 Å². The molecule has 198 valence electrons. The van der Waals surface area contributed by atoms with E-state index < -0.39 is 23.9 Å². The number of carboxylic acid groups (broad SMARTS) is 1. The lowest BCUT2D eigenvalue weighted by atomic mass is 10.00. The predicted molar refractivity (Wildman–Crippen MR) is 115 cm³/mol. The minimum absolute atomic E-state index is 0.150. The number of aromatic nitrogens is 2. The number of rotatable bonds is 10. The highest BCUT2D eigenvalue weighted by Gasteiger charge is 2.38. The lowest BCUT2D eigenvalue weighted by Crippen LogP contribution is -2.27. The van der Waals surface area contributed by atoms with Crippen LogP contribution in [0.4, 0.5) is 26.3 Å². The fraction of sp³-hybridized carbons (Fsp3) is 0.524. The smallest absolute Gasteiger partial charge is 0.490 e. The van der Waals surface area contributed by atoms with Gasteiger partial charge in [0, 0.05) is 38.0 Å². The van der Waals surface area contributed by atoms with Gasteiger partial charge in [-0.2, -0.15) is 31.4 Å². The summed E-state index contributed by atoms with van der Waals surface area (Å²) in [5.74, 6) is -2.61. The van der Waals surface area contributed by atoms with E-state index in [0.29, 0.717) is 29.1 Å². The minimum atomic E-state index is -5.08. The van der Waals surface area contributed by atoms with E-state index in [-0.39, 0.29) is 19.0 Å². The highest BCUT2D eigenvalue weighted by atomic mass is 19.4. The molecule has 1 heterocycles. The van der Waals surface area contributed by atoms with Crippen LogP contribution < -0.4 is 10.1 Å². The molecule has 14 heteroatoms. The third-order valence-electron chi connectivity index (χ3n) is 4.51. The molecule has 0 radical (unpaired) electrons. The zero-order valence-electron chi connectivity index (χ0n) is 19.6. The van der Waals surface area contributed by atoms with Gasteiger partial charge in [0.15, 0.2) is 0 Å². The number of hydrogen-bond acceptors (Lipinski definition) is 6. The van der Waals surface area contributed by atoms with Gasteiger partial charge in [-0.25, -0.2) is 4.79 Å². The molecule has 0 aliphatic heterocycles. The minimum Gasteiger partial charge on any atom is -0.491 e. The number of aromatic amines is 1. The Labute approximate surface area is 198 Å². The van der Waals surface area contributed by atoms with Crippen LogP contribution in [0.2, 0.25) is 0 Å². The van der Waals surface area contributed by atoms with Crippen LogP contribution in [0.25, 0.3) is 11.1 Å². The number of hydrogen-bond donors (Lipinski definition) is 3. The van der Waals surface area contributed by atoms with Crippen molar-refractivity contribution in [1.82, 2.24) is 20.4 Å². The highest BCUT2D eigenvalue weighted by Crippen LogP contribution is 2.37. The summed E-state index contributed by atoms with van der Waals surface area (Å²) in [5, 5.41) is 17.4. The van der Waals surface area contributed by atoms with Gasteiger partial charge >= 0.3 is 18.3 Å². The van der Waals surface area contributed by atoms with Crippen molar-refractivity contribution in [3.05, 3.63) is 35.2 Å². The van der Waals surface area contributed by atoms with E-state index in [2.05, 4.69) is 20.4 Å². The van der Waals surface area contributed by atoms with E-state index in [0.717, 1.165) is 25.2 Å². The first-order valence-electron chi connectivity index (χ1n) is 10.2. The van der Waals surface area contributed by atoms with Crippen LogP contribution in [0.15, 0.2) is 18.2 Å². The maximum Gasteiger partial charge on any atom is 0.490 e. The Morgan fingerprint density at radius 2 is 1.80 bits per heavy atom. The third-order valence-corrected chi connectivity index (χ3v) is 4.51. The van der Waals surface area contributed by atoms with E-state index in [1.165, 1.54) is 7.11 Å². The Hall–Kier alpha value is -2.84. The molecule has 0 unspecified atom stereocenters. The average molecular weight is 514 g/mol. The van der Waals surface area contributed by atoms with Crippen LogP contribution in [0.3, 0.4) is 0 Å². The average Bonchev–Trinajstić information content (AvgIpc) is 3.11. The SMILES string of the molecule is CNCCN(C)Cc1n[nH]c(C)c1-c1cc(OCCOC)cc(C(F)(F)F)c1.O=C(O)C(F)(F)F. The first kappa shape index (κ1) is 30.2. The second kappa shape index (κ2) is 13.3. The van der Waals surface area contributed by atoms with Crippen molar-refractivity contribution in [2.24, 2.45) is 0 Å². The molecule has 0 atom stereocenters. The molecule has 0 aliphatic rings. The molecule has 3 N–H and O–H groups in total. The molecule has 0 fully saturated rings. The lowest BCUT2D eigenvalue weighted by molar-refractivity contribution is -0.192. The number of nitrogens with one attached hydrogen (secondary N) is 2. The molecule has 1 aromatic carbocycles. The normalized spacial score (nSPS) is 11.9. The van der Waals surface area contributed by atoms with E-state index in [9.17, 15) is 26.3 Å². The fourth-order valence-electron chi connectivity index (χ4n) is 2.85. The second-order valence-corrected chi connectivity index (χ2v) is 7.40. The van der Waals surface area contributed by atoms with Gasteiger partial charge < -0.3 is 19.9 Å². The summed E-state index contributed by atoms with van der Waals surface area (Å²) in [6, 6.07) is 3.76. The summed E-state index contributed by atoms with van der Waals surface area (Å²) < 4.78 is 82.3.